The third-order valence-corrected chi connectivity index (χ3v) is 4.31. The molecule has 96 valence electrons. The van der Waals surface area contributed by atoms with Gasteiger partial charge in [-0.15, -0.1) is 11.3 Å². The maximum atomic E-state index is 5.23. The van der Waals surface area contributed by atoms with Crippen molar-refractivity contribution in [2.24, 2.45) is 5.92 Å². The summed E-state index contributed by atoms with van der Waals surface area (Å²) in [5.41, 5.74) is 3.84. The van der Waals surface area contributed by atoms with Crippen molar-refractivity contribution in [2.75, 3.05) is 0 Å². The molecule has 0 aliphatic carbocycles. The summed E-state index contributed by atoms with van der Waals surface area (Å²) in [5, 5.41) is 0. The molecular weight excluding hydrogens is 258 g/mol. The highest BCUT2D eigenvalue weighted by molar-refractivity contribution is 7.73. The number of nitrogens with one attached hydrogen (secondary N) is 1. The molecule has 0 spiro atoms. The molecule has 1 aromatic carbocycles. The van der Waals surface area contributed by atoms with Crippen LogP contribution in [0.2, 0.25) is 0 Å². The SMILES string of the molecule is CCc1sc(=S)[nH]c1-c1ccc(CC(C)C)cc1. The van der Waals surface area contributed by atoms with Gasteiger partial charge in [0, 0.05) is 4.88 Å². The maximum Gasteiger partial charge on any atom is 0.159 e. The van der Waals surface area contributed by atoms with Crippen LogP contribution in [0.1, 0.15) is 31.2 Å². The predicted molar refractivity (Wildman–Crippen MR) is 82.9 cm³/mol. The van der Waals surface area contributed by atoms with E-state index in [0.717, 1.165) is 16.8 Å². The molecule has 18 heavy (non-hydrogen) atoms. The molecule has 0 bridgehead atoms. The number of aryl methyl sites for hydroxylation is 1. The van der Waals surface area contributed by atoms with Crippen molar-refractivity contribution in [3.63, 3.8) is 0 Å². The lowest BCUT2D eigenvalue weighted by atomic mass is 10.0. The van der Waals surface area contributed by atoms with Gasteiger partial charge < -0.3 is 4.98 Å². The number of hydrogen-bond acceptors (Lipinski definition) is 2. The van der Waals surface area contributed by atoms with Gasteiger partial charge in [-0.2, -0.15) is 0 Å². The van der Waals surface area contributed by atoms with Crippen LogP contribution in [0.25, 0.3) is 11.3 Å². The lowest BCUT2D eigenvalue weighted by Gasteiger charge is -2.06. The zero-order valence-corrected chi connectivity index (χ0v) is 12.8. The third-order valence-electron chi connectivity index (χ3n) is 2.93. The second-order valence-electron chi connectivity index (χ2n) is 4.96. The van der Waals surface area contributed by atoms with Gasteiger partial charge in [0.2, 0.25) is 0 Å². The van der Waals surface area contributed by atoms with Crippen molar-refractivity contribution in [1.82, 2.24) is 4.98 Å². The molecule has 1 N–H and O–H groups in total. The van der Waals surface area contributed by atoms with Gasteiger partial charge in [0.1, 0.15) is 0 Å². The topological polar surface area (TPSA) is 15.8 Å². The highest BCUT2D eigenvalue weighted by Gasteiger charge is 2.07. The van der Waals surface area contributed by atoms with E-state index in [-0.39, 0.29) is 0 Å². The summed E-state index contributed by atoms with van der Waals surface area (Å²) in [6.07, 6.45) is 2.17. The Morgan fingerprint density at radius 1 is 1.22 bits per heavy atom. The quantitative estimate of drug-likeness (QED) is 0.756. The summed E-state index contributed by atoms with van der Waals surface area (Å²) < 4.78 is 0.869. The fourth-order valence-electron chi connectivity index (χ4n) is 2.12. The van der Waals surface area contributed by atoms with E-state index in [1.165, 1.54) is 21.7 Å². The van der Waals surface area contributed by atoms with E-state index in [0.29, 0.717) is 5.92 Å². The average Bonchev–Trinajstić information content (AvgIpc) is 2.71. The Morgan fingerprint density at radius 3 is 2.44 bits per heavy atom. The number of aromatic nitrogens is 1. The Morgan fingerprint density at radius 2 is 1.89 bits per heavy atom. The lowest BCUT2D eigenvalue weighted by Crippen LogP contribution is -1.93. The van der Waals surface area contributed by atoms with Crippen molar-refractivity contribution >= 4 is 23.6 Å². The van der Waals surface area contributed by atoms with Crippen LogP contribution in [-0.2, 0) is 12.8 Å². The van der Waals surface area contributed by atoms with Gasteiger partial charge in [-0.1, -0.05) is 45.0 Å². The van der Waals surface area contributed by atoms with Gasteiger partial charge in [-0.25, -0.2) is 0 Å². The van der Waals surface area contributed by atoms with Crippen LogP contribution in [0.4, 0.5) is 0 Å². The van der Waals surface area contributed by atoms with Gasteiger partial charge in [-0.05, 0) is 42.1 Å². The third kappa shape index (κ3) is 3.09. The van der Waals surface area contributed by atoms with Crippen molar-refractivity contribution in [1.29, 1.82) is 0 Å². The Bertz CT molecular complexity index is 561. The lowest BCUT2D eigenvalue weighted by molar-refractivity contribution is 0.647. The summed E-state index contributed by atoms with van der Waals surface area (Å²) in [6, 6.07) is 8.85. The Hall–Kier alpha value is -0.930. The molecule has 2 rings (SSSR count). The maximum absolute atomic E-state index is 5.23. The van der Waals surface area contributed by atoms with E-state index < -0.39 is 0 Å². The molecule has 0 radical (unpaired) electrons. The smallest absolute Gasteiger partial charge is 0.159 e. The second kappa shape index (κ2) is 5.81. The largest absolute Gasteiger partial charge is 0.337 e. The first-order valence-electron chi connectivity index (χ1n) is 6.41. The number of H-pyrrole nitrogens is 1. The minimum Gasteiger partial charge on any atom is -0.337 e. The highest BCUT2D eigenvalue weighted by Crippen LogP contribution is 2.27. The summed E-state index contributed by atoms with van der Waals surface area (Å²) in [4.78, 5) is 4.65. The fourth-order valence-corrected chi connectivity index (χ4v) is 3.32. The molecule has 0 aliphatic heterocycles. The molecular formula is C15H19NS2. The molecule has 1 heterocycles. The van der Waals surface area contributed by atoms with Crippen LogP contribution < -0.4 is 0 Å². The van der Waals surface area contributed by atoms with E-state index in [1.807, 2.05) is 0 Å². The zero-order valence-electron chi connectivity index (χ0n) is 11.1. The minimum atomic E-state index is 0.703. The number of aromatic amines is 1. The fraction of sp³-hybridized carbons (Fsp3) is 0.400. The molecule has 0 atom stereocenters. The van der Waals surface area contributed by atoms with Crippen LogP contribution in [0.15, 0.2) is 24.3 Å². The number of hydrogen-bond donors (Lipinski definition) is 1. The first-order valence-corrected chi connectivity index (χ1v) is 7.64. The second-order valence-corrected chi connectivity index (χ2v) is 6.73. The van der Waals surface area contributed by atoms with Crippen LogP contribution in [0.5, 0.6) is 0 Å². The molecule has 1 aromatic heterocycles. The van der Waals surface area contributed by atoms with E-state index in [4.69, 9.17) is 12.2 Å². The van der Waals surface area contributed by atoms with E-state index >= 15 is 0 Å². The Kier molecular flexibility index (Phi) is 4.36. The standard InChI is InChI=1S/C15H19NS2/c1-4-13-14(16-15(17)18-13)12-7-5-11(6-8-12)9-10(2)3/h5-8,10H,4,9H2,1-3H3,(H,16,17). The van der Waals surface area contributed by atoms with Crippen LogP contribution in [0.3, 0.4) is 0 Å². The minimum absolute atomic E-state index is 0.703. The van der Waals surface area contributed by atoms with Crippen molar-refractivity contribution in [3.8, 4) is 11.3 Å². The zero-order chi connectivity index (χ0) is 13.1. The molecule has 0 saturated carbocycles. The molecule has 0 aliphatic rings. The van der Waals surface area contributed by atoms with Gasteiger partial charge in [0.05, 0.1) is 5.69 Å². The number of rotatable bonds is 4. The van der Waals surface area contributed by atoms with E-state index in [1.54, 1.807) is 11.3 Å². The molecule has 0 unspecified atom stereocenters. The first kappa shape index (κ1) is 13.5. The van der Waals surface area contributed by atoms with E-state index in [2.05, 4.69) is 50.0 Å². The number of benzene rings is 1. The van der Waals surface area contributed by atoms with Gasteiger partial charge in [0.25, 0.3) is 0 Å². The van der Waals surface area contributed by atoms with Crippen LogP contribution >= 0.6 is 23.6 Å². The summed E-state index contributed by atoms with van der Waals surface area (Å²) in [7, 11) is 0. The molecule has 0 saturated heterocycles. The molecule has 2 aromatic rings. The summed E-state index contributed by atoms with van der Waals surface area (Å²) in [5.74, 6) is 0.703. The molecule has 1 nitrogen and oxygen atoms in total. The van der Waals surface area contributed by atoms with Crippen molar-refractivity contribution < 1.29 is 0 Å². The van der Waals surface area contributed by atoms with E-state index in [9.17, 15) is 0 Å². The highest BCUT2D eigenvalue weighted by atomic mass is 32.1. The van der Waals surface area contributed by atoms with Crippen LogP contribution in [-0.4, -0.2) is 4.98 Å². The van der Waals surface area contributed by atoms with Crippen molar-refractivity contribution in [3.05, 3.63) is 38.7 Å². The molecule has 3 heteroatoms. The van der Waals surface area contributed by atoms with Crippen molar-refractivity contribution in [2.45, 2.75) is 33.6 Å². The van der Waals surface area contributed by atoms with Gasteiger partial charge in [-0.3, -0.25) is 0 Å². The molecule has 0 fully saturated rings. The number of thiazole rings is 1. The average molecular weight is 277 g/mol. The molecule has 0 amide bonds. The Balaban J connectivity index is 2.31. The van der Waals surface area contributed by atoms with Gasteiger partial charge in [0.15, 0.2) is 3.95 Å². The summed E-state index contributed by atoms with van der Waals surface area (Å²) >= 11 is 6.92. The Labute approximate surface area is 118 Å². The summed E-state index contributed by atoms with van der Waals surface area (Å²) in [6.45, 7) is 6.67. The predicted octanol–water partition coefficient (Wildman–Crippen LogP) is 5.23. The monoisotopic (exact) mass is 277 g/mol. The normalized spacial score (nSPS) is 11.1. The first-order chi connectivity index (χ1) is 8.60. The van der Waals surface area contributed by atoms with Crippen LogP contribution in [0, 0.1) is 9.87 Å². The van der Waals surface area contributed by atoms with Gasteiger partial charge >= 0.3 is 0 Å².